The number of carbonyl (C=O) groups is 1. The summed E-state index contributed by atoms with van der Waals surface area (Å²) in [6, 6.07) is 7.65. The highest BCUT2D eigenvalue weighted by molar-refractivity contribution is 5.91. The van der Waals surface area contributed by atoms with Crippen molar-refractivity contribution in [1.82, 2.24) is 0 Å². The lowest BCUT2D eigenvalue weighted by atomic mass is 10.2. The van der Waals surface area contributed by atoms with Gasteiger partial charge in [-0.25, -0.2) is 0 Å². The maximum atomic E-state index is 11.4. The highest BCUT2D eigenvalue weighted by atomic mass is 16.5. The second kappa shape index (κ2) is 5.51. The zero-order chi connectivity index (χ0) is 11.3. The van der Waals surface area contributed by atoms with Crippen molar-refractivity contribution in [2.75, 3.05) is 12.4 Å². The fraction of sp³-hybridized carbons (Fsp3) is 0.417. The van der Waals surface area contributed by atoms with E-state index in [1.807, 2.05) is 38.1 Å². The first-order valence-corrected chi connectivity index (χ1v) is 5.02. The normalized spacial score (nSPS) is 10.4. The fourth-order valence-corrected chi connectivity index (χ4v) is 1.14. The second-order valence-electron chi connectivity index (χ2n) is 3.77. The Balaban J connectivity index is 2.60. The van der Waals surface area contributed by atoms with E-state index >= 15 is 0 Å². The van der Waals surface area contributed by atoms with Crippen LogP contribution in [0.3, 0.4) is 0 Å². The SMILES string of the molecule is COCc1ccc(NC(=O)C(C)C)cc1. The number of anilines is 1. The molecule has 0 atom stereocenters. The first-order valence-electron chi connectivity index (χ1n) is 5.02. The number of benzene rings is 1. The van der Waals surface area contributed by atoms with Gasteiger partial charge in [0.2, 0.25) is 5.91 Å². The van der Waals surface area contributed by atoms with Gasteiger partial charge in [-0.05, 0) is 17.7 Å². The topological polar surface area (TPSA) is 38.3 Å². The second-order valence-corrected chi connectivity index (χ2v) is 3.77. The standard InChI is InChI=1S/C12H17NO2/c1-9(2)12(14)13-11-6-4-10(5-7-11)8-15-3/h4-7,9H,8H2,1-3H3,(H,13,14). The highest BCUT2D eigenvalue weighted by Gasteiger charge is 2.06. The molecule has 82 valence electrons. The molecule has 1 rings (SSSR count). The van der Waals surface area contributed by atoms with Crippen molar-refractivity contribution in [1.29, 1.82) is 0 Å². The van der Waals surface area contributed by atoms with E-state index in [1.54, 1.807) is 7.11 Å². The average Bonchev–Trinajstić information content (AvgIpc) is 2.21. The van der Waals surface area contributed by atoms with E-state index in [4.69, 9.17) is 4.74 Å². The van der Waals surface area contributed by atoms with Crippen LogP contribution in [0.1, 0.15) is 19.4 Å². The van der Waals surface area contributed by atoms with Crippen LogP contribution in [0.5, 0.6) is 0 Å². The minimum atomic E-state index is 0.00338. The average molecular weight is 207 g/mol. The number of hydrogen-bond donors (Lipinski definition) is 1. The summed E-state index contributed by atoms with van der Waals surface area (Å²) in [5.41, 5.74) is 1.92. The van der Waals surface area contributed by atoms with Gasteiger partial charge in [0.05, 0.1) is 6.61 Å². The minimum absolute atomic E-state index is 0.00338. The van der Waals surface area contributed by atoms with E-state index in [0.29, 0.717) is 6.61 Å². The molecule has 0 heterocycles. The Hall–Kier alpha value is -1.35. The van der Waals surface area contributed by atoms with E-state index in [-0.39, 0.29) is 11.8 Å². The smallest absolute Gasteiger partial charge is 0.226 e. The van der Waals surface area contributed by atoms with Crippen LogP contribution in [0, 0.1) is 5.92 Å². The van der Waals surface area contributed by atoms with Gasteiger partial charge in [-0.15, -0.1) is 0 Å². The summed E-state index contributed by atoms with van der Waals surface area (Å²) >= 11 is 0. The van der Waals surface area contributed by atoms with Gasteiger partial charge in [0.15, 0.2) is 0 Å². The lowest BCUT2D eigenvalue weighted by Crippen LogP contribution is -2.17. The summed E-state index contributed by atoms with van der Waals surface area (Å²) in [6.45, 7) is 4.33. The lowest BCUT2D eigenvalue weighted by molar-refractivity contribution is -0.118. The maximum Gasteiger partial charge on any atom is 0.226 e. The van der Waals surface area contributed by atoms with Crippen LogP contribution < -0.4 is 5.32 Å². The Morgan fingerprint density at radius 2 is 1.93 bits per heavy atom. The molecule has 1 amide bonds. The maximum absolute atomic E-state index is 11.4. The van der Waals surface area contributed by atoms with Crippen LogP contribution >= 0.6 is 0 Å². The third kappa shape index (κ3) is 3.72. The zero-order valence-corrected chi connectivity index (χ0v) is 9.41. The lowest BCUT2D eigenvalue weighted by Gasteiger charge is -2.08. The van der Waals surface area contributed by atoms with Crippen LogP contribution in [0.25, 0.3) is 0 Å². The third-order valence-electron chi connectivity index (χ3n) is 2.06. The Morgan fingerprint density at radius 1 is 1.33 bits per heavy atom. The van der Waals surface area contributed by atoms with E-state index in [1.165, 1.54) is 0 Å². The third-order valence-corrected chi connectivity index (χ3v) is 2.06. The van der Waals surface area contributed by atoms with Gasteiger partial charge in [-0.1, -0.05) is 26.0 Å². The molecule has 0 unspecified atom stereocenters. The Labute approximate surface area is 90.4 Å². The van der Waals surface area contributed by atoms with E-state index in [9.17, 15) is 4.79 Å². The number of rotatable bonds is 4. The molecule has 1 aromatic carbocycles. The molecule has 0 aliphatic heterocycles. The van der Waals surface area contributed by atoms with Crippen molar-refractivity contribution in [2.45, 2.75) is 20.5 Å². The summed E-state index contributed by atoms with van der Waals surface area (Å²) in [5, 5.41) is 2.83. The van der Waals surface area contributed by atoms with Crippen molar-refractivity contribution < 1.29 is 9.53 Å². The van der Waals surface area contributed by atoms with Gasteiger partial charge < -0.3 is 10.1 Å². The van der Waals surface area contributed by atoms with Crippen molar-refractivity contribution in [2.24, 2.45) is 5.92 Å². The van der Waals surface area contributed by atoms with Crippen molar-refractivity contribution >= 4 is 11.6 Å². The molecule has 3 heteroatoms. The quantitative estimate of drug-likeness (QED) is 0.823. The van der Waals surface area contributed by atoms with Crippen molar-refractivity contribution in [3.8, 4) is 0 Å². The van der Waals surface area contributed by atoms with Crippen LogP contribution in [-0.2, 0) is 16.1 Å². The predicted molar refractivity (Wildman–Crippen MR) is 60.6 cm³/mol. The molecule has 0 bridgehead atoms. The fourth-order valence-electron chi connectivity index (χ4n) is 1.14. The van der Waals surface area contributed by atoms with Crippen LogP contribution in [-0.4, -0.2) is 13.0 Å². The molecule has 1 aromatic rings. The molecule has 15 heavy (non-hydrogen) atoms. The van der Waals surface area contributed by atoms with Gasteiger partial charge in [-0.2, -0.15) is 0 Å². The highest BCUT2D eigenvalue weighted by Crippen LogP contribution is 2.11. The molecular formula is C12H17NO2. The number of nitrogens with one attached hydrogen (secondary N) is 1. The van der Waals surface area contributed by atoms with Crippen LogP contribution in [0.2, 0.25) is 0 Å². The molecule has 0 saturated carbocycles. The Kier molecular flexibility index (Phi) is 4.31. The van der Waals surface area contributed by atoms with Gasteiger partial charge in [0, 0.05) is 18.7 Å². The van der Waals surface area contributed by atoms with E-state index in [2.05, 4.69) is 5.32 Å². The number of carbonyl (C=O) groups excluding carboxylic acids is 1. The summed E-state index contributed by atoms with van der Waals surface area (Å²) in [4.78, 5) is 11.4. The Bertz CT molecular complexity index is 317. The number of amides is 1. The van der Waals surface area contributed by atoms with Crippen molar-refractivity contribution in [3.05, 3.63) is 29.8 Å². The monoisotopic (exact) mass is 207 g/mol. The first kappa shape index (κ1) is 11.7. The summed E-state index contributed by atoms with van der Waals surface area (Å²) < 4.78 is 5.00. The molecule has 0 spiro atoms. The molecule has 0 radical (unpaired) electrons. The molecule has 0 fully saturated rings. The molecule has 1 N–H and O–H groups in total. The molecule has 3 nitrogen and oxygen atoms in total. The van der Waals surface area contributed by atoms with Crippen molar-refractivity contribution in [3.63, 3.8) is 0 Å². The van der Waals surface area contributed by atoms with Gasteiger partial charge in [0.25, 0.3) is 0 Å². The zero-order valence-electron chi connectivity index (χ0n) is 9.41. The summed E-state index contributed by atoms with van der Waals surface area (Å²) in [6.07, 6.45) is 0. The number of ether oxygens (including phenoxy) is 1. The minimum Gasteiger partial charge on any atom is -0.380 e. The van der Waals surface area contributed by atoms with Crippen LogP contribution in [0.4, 0.5) is 5.69 Å². The summed E-state index contributed by atoms with van der Waals surface area (Å²) in [5.74, 6) is 0.0399. The van der Waals surface area contributed by atoms with Crippen LogP contribution in [0.15, 0.2) is 24.3 Å². The van der Waals surface area contributed by atoms with E-state index < -0.39 is 0 Å². The predicted octanol–water partition coefficient (Wildman–Crippen LogP) is 2.43. The van der Waals surface area contributed by atoms with Gasteiger partial charge in [-0.3, -0.25) is 4.79 Å². The first-order chi connectivity index (χ1) is 7.13. The van der Waals surface area contributed by atoms with Gasteiger partial charge in [0.1, 0.15) is 0 Å². The molecule has 0 aliphatic rings. The molecule has 0 aromatic heterocycles. The van der Waals surface area contributed by atoms with E-state index in [0.717, 1.165) is 11.3 Å². The molecule has 0 saturated heterocycles. The molecule has 0 aliphatic carbocycles. The largest absolute Gasteiger partial charge is 0.380 e. The number of methoxy groups -OCH3 is 1. The Morgan fingerprint density at radius 3 is 2.40 bits per heavy atom. The number of hydrogen-bond acceptors (Lipinski definition) is 2. The van der Waals surface area contributed by atoms with Gasteiger partial charge >= 0.3 is 0 Å². The summed E-state index contributed by atoms with van der Waals surface area (Å²) in [7, 11) is 1.66. The molecular weight excluding hydrogens is 190 g/mol.